The highest BCUT2D eigenvalue weighted by Gasteiger charge is 2.06. The van der Waals surface area contributed by atoms with Crippen LogP contribution in [0, 0.1) is 17.2 Å². The molecular formula is C28H42N4O2. The van der Waals surface area contributed by atoms with Crippen molar-refractivity contribution in [3.05, 3.63) is 64.5 Å². The van der Waals surface area contributed by atoms with E-state index in [-0.39, 0.29) is 5.78 Å². The lowest BCUT2D eigenvalue weighted by Crippen LogP contribution is -2.07. The van der Waals surface area contributed by atoms with Crippen LogP contribution in [0.2, 0.25) is 0 Å². The summed E-state index contributed by atoms with van der Waals surface area (Å²) in [5.41, 5.74) is 5.98. The minimum Gasteiger partial charge on any atom is -0.391 e. The molecule has 6 nitrogen and oxygen atoms in total. The lowest BCUT2D eigenvalue weighted by molar-refractivity contribution is -0.114. The number of carbonyl (C=O) groups is 1. The Kier molecular flexibility index (Phi) is 15.7. The molecule has 1 rings (SSSR count). The number of hydrogen-bond acceptors (Lipinski definition) is 6. The monoisotopic (exact) mass is 466 g/mol. The van der Waals surface area contributed by atoms with Gasteiger partial charge in [-0.25, -0.2) is 0 Å². The van der Waals surface area contributed by atoms with Crippen LogP contribution in [0.15, 0.2) is 58.4 Å². The fraction of sp³-hybridized carbons (Fsp3) is 0.464. The minimum atomic E-state index is 0.163. The molecule has 0 spiro atoms. The molecule has 1 aromatic carbocycles. The molecule has 0 aliphatic heterocycles. The average Bonchev–Trinajstić information content (AvgIpc) is 2.80. The second-order valence-corrected chi connectivity index (χ2v) is 8.40. The van der Waals surface area contributed by atoms with E-state index in [1.165, 1.54) is 0 Å². The van der Waals surface area contributed by atoms with Crippen molar-refractivity contribution < 1.29 is 9.53 Å². The summed E-state index contributed by atoms with van der Waals surface area (Å²) < 4.78 is 5.66. The molecule has 0 atom stereocenters. The van der Waals surface area contributed by atoms with Gasteiger partial charge in [-0.05, 0) is 50.0 Å². The Labute approximate surface area is 206 Å². The normalized spacial score (nSPS) is 10.9. The molecule has 34 heavy (non-hydrogen) atoms. The topological polar surface area (TPSA) is 86.5 Å². The van der Waals surface area contributed by atoms with Crippen molar-refractivity contribution in [3.8, 4) is 6.07 Å². The van der Waals surface area contributed by atoms with Crippen LogP contribution in [0.3, 0.4) is 0 Å². The lowest BCUT2D eigenvalue weighted by Gasteiger charge is -2.13. The minimum absolute atomic E-state index is 0.163. The summed E-state index contributed by atoms with van der Waals surface area (Å²) >= 11 is 0. The largest absolute Gasteiger partial charge is 0.391 e. The molecule has 0 saturated heterocycles. The third kappa shape index (κ3) is 12.2. The Morgan fingerprint density at radius 3 is 2.41 bits per heavy atom. The summed E-state index contributed by atoms with van der Waals surface area (Å²) in [6.45, 7) is 17.3. The number of ether oxygens (including phenoxy) is 1. The van der Waals surface area contributed by atoms with Crippen LogP contribution >= 0.6 is 0 Å². The first-order valence-electron chi connectivity index (χ1n) is 11.7. The first kappa shape index (κ1) is 30.8. The predicted molar refractivity (Wildman–Crippen MR) is 144 cm³/mol. The van der Waals surface area contributed by atoms with Gasteiger partial charge in [0.2, 0.25) is 0 Å². The van der Waals surface area contributed by atoms with E-state index in [9.17, 15) is 10.1 Å². The van der Waals surface area contributed by atoms with Crippen LogP contribution in [0.25, 0.3) is 0 Å². The van der Waals surface area contributed by atoms with Gasteiger partial charge in [-0.2, -0.15) is 5.26 Å². The molecule has 0 heterocycles. The van der Waals surface area contributed by atoms with Gasteiger partial charge in [-0.15, -0.1) is 0 Å². The molecule has 0 aliphatic carbocycles. The maximum Gasteiger partial charge on any atom is 0.164 e. The van der Waals surface area contributed by atoms with Gasteiger partial charge in [0.25, 0.3) is 0 Å². The average molecular weight is 467 g/mol. The Hall–Kier alpha value is -3.17. The number of benzene rings is 1. The highest BCUT2D eigenvalue weighted by molar-refractivity contribution is 6.13. The van der Waals surface area contributed by atoms with E-state index in [1.54, 1.807) is 13.3 Å². The zero-order chi connectivity index (χ0) is 26.1. The van der Waals surface area contributed by atoms with Crippen molar-refractivity contribution in [1.82, 2.24) is 5.32 Å². The lowest BCUT2D eigenvalue weighted by atomic mass is 10.1. The smallest absolute Gasteiger partial charge is 0.164 e. The third-order valence-corrected chi connectivity index (χ3v) is 4.69. The summed E-state index contributed by atoms with van der Waals surface area (Å²) in [6.07, 6.45) is 5.02. The molecule has 0 bridgehead atoms. The van der Waals surface area contributed by atoms with E-state index in [2.05, 4.69) is 49.0 Å². The number of hydrogen-bond donors (Lipinski definition) is 2. The summed E-state index contributed by atoms with van der Waals surface area (Å²) in [6, 6.07) is 7.89. The second-order valence-electron chi connectivity index (χ2n) is 8.40. The Morgan fingerprint density at radius 2 is 1.94 bits per heavy atom. The molecule has 0 aromatic heterocycles. The van der Waals surface area contributed by atoms with Crippen molar-refractivity contribution in [1.29, 1.82) is 5.26 Å². The molecule has 0 amide bonds. The van der Waals surface area contributed by atoms with Crippen LogP contribution in [0.4, 0.5) is 5.69 Å². The van der Waals surface area contributed by atoms with Crippen LogP contribution in [-0.4, -0.2) is 32.7 Å². The molecule has 2 N–H and O–H groups in total. The molecule has 0 unspecified atom stereocenters. The number of anilines is 1. The summed E-state index contributed by atoms with van der Waals surface area (Å²) in [4.78, 5) is 15.0. The number of rotatable bonds is 12. The quantitative estimate of drug-likeness (QED) is 0.218. The SMILES string of the molecule is C=C(/C=C(\CC)NC)Nc1cc(COCC(C)C)ccc1C#N.CCC(=O)C(C=NC)=C(C)C. The Balaban J connectivity index is 0.000000833. The van der Waals surface area contributed by atoms with Gasteiger partial charge < -0.3 is 15.4 Å². The highest BCUT2D eigenvalue weighted by Crippen LogP contribution is 2.20. The standard InChI is InChI=1S/C19H27N3O.C9H15NO/c1-6-18(21-5)9-15(4)22-19-10-16(7-8-17(19)11-20)13-23-12-14(2)3;1-5-9(11)8(6-10-4)7(2)3/h7-10,14,21-22H,4,6,12-13H2,1-3,5H3;6H,5H2,1-4H3/b18-9+;. The number of ketones is 1. The van der Waals surface area contributed by atoms with Crippen molar-refractivity contribution in [2.45, 2.75) is 61.0 Å². The second kappa shape index (κ2) is 17.3. The maximum atomic E-state index is 11.2. The first-order chi connectivity index (χ1) is 16.1. The van der Waals surface area contributed by atoms with E-state index >= 15 is 0 Å². The van der Waals surface area contributed by atoms with E-state index < -0.39 is 0 Å². The maximum absolute atomic E-state index is 11.2. The number of nitrogens with zero attached hydrogens (tertiary/aromatic N) is 2. The number of aliphatic imine (C=N–C) groups is 1. The van der Waals surface area contributed by atoms with Gasteiger partial charge in [0.1, 0.15) is 6.07 Å². The van der Waals surface area contributed by atoms with Crippen LogP contribution in [0.5, 0.6) is 0 Å². The Morgan fingerprint density at radius 1 is 1.26 bits per heavy atom. The molecule has 0 fully saturated rings. The summed E-state index contributed by atoms with van der Waals surface area (Å²) in [7, 11) is 3.56. The number of Topliss-reactive ketones (excluding diaryl/α,β-unsaturated/α-hetero) is 1. The summed E-state index contributed by atoms with van der Waals surface area (Å²) in [5, 5.41) is 15.6. The third-order valence-electron chi connectivity index (χ3n) is 4.69. The van der Waals surface area contributed by atoms with Crippen LogP contribution < -0.4 is 10.6 Å². The van der Waals surface area contributed by atoms with Gasteiger partial charge in [0, 0.05) is 50.3 Å². The van der Waals surface area contributed by atoms with Crippen LogP contribution in [-0.2, 0) is 16.1 Å². The zero-order valence-corrected chi connectivity index (χ0v) is 22.2. The number of nitrogens with one attached hydrogen (secondary N) is 2. The van der Waals surface area contributed by atoms with E-state index in [0.29, 0.717) is 24.5 Å². The molecule has 0 saturated carbocycles. The van der Waals surface area contributed by atoms with Crippen molar-refractivity contribution >= 4 is 17.7 Å². The molecule has 1 aromatic rings. The fourth-order valence-electron chi connectivity index (χ4n) is 2.86. The van der Waals surface area contributed by atoms with Crippen LogP contribution in [0.1, 0.15) is 65.5 Å². The number of nitriles is 1. The van der Waals surface area contributed by atoms with E-state index in [1.807, 2.05) is 52.1 Å². The van der Waals surface area contributed by atoms with Gasteiger partial charge >= 0.3 is 0 Å². The molecule has 6 heteroatoms. The fourth-order valence-corrected chi connectivity index (χ4v) is 2.86. The number of allylic oxidation sites excluding steroid dienone is 4. The van der Waals surface area contributed by atoms with E-state index in [4.69, 9.17) is 4.74 Å². The molecule has 186 valence electrons. The van der Waals surface area contributed by atoms with Gasteiger partial charge in [0.05, 0.1) is 17.9 Å². The predicted octanol–water partition coefficient (Wildman–Crippen LogP) is 6.17. The zero-order valence-electron chi connectivity index (χ0n) is 22.2. The molecule has 0 aliphatic rings. The van der Waals surface area contributed by atoms with Crippen molar-refractivity contribution in [2.24, 2.45) is 10.9 Å². The molecule has 0 radical (unpaired) electrons. The summed E-state index contributed by atoms with van der Waals surface area (Å²) in [5.74, 6) is 0.667. The first-order valence-corrected chi connectivity index (χ1v) is 11.7. The highest BCUT2D eigenvalue weighted by atomic mass is 16.5. The molecular weight excluding hydrogens is 424 g/mol. The number of carbonyl (C=O) groups excluding carboxylic acids is 1. The van der Waals surface area contributed by atoms with Crippen molar-refractivity contribution in [3.63, 3.8) is 0 Å². The van der Waals surface area contributed by atoms with Gasteiger partial charge in [-0.1, -0.05) is 45.9 Å². The van der Waals surface area contributed by atoms with Crippen molar-refractivity contribution in [2.75, 3.05) is 26.0 Å². The van der Waals surface area contributed by atoms with Gasteiger partial charge in [0.15, 0.2) is 5.78 Å². The van der Waals surface area contributed by atoms with E-state index in [0.717, 1.165) is 46.8 Å². The van der Waals surface area contributed by atoms with Gasteiger partial charge in [-0.3, -0.25) is 9.79 Å². The Bertz CT molecular complexity index is 924.